The van der Waals surface area contributed by atoms with E-state index in [0.717, 1.165) is 18.8 Å². The molecule has 2 nitrogen and oxygen atoms in total. The molecule has 0 fully saturated rings. The van der Waals surface area contributed by atoms with E-state index in [9.17, 15) is 0 Å². The third-order valence-corrected chi connectivity index (χ3v) is 2.85. The molecular formula is C15H19ClN2. The summed E-state index contributed by atoms with van der Waals surface area (Å²) in [5, 5.41) is 3.44. The van der Waals surface area contributed by atoms with Gasteiger partial charge in [0.05, 0.1) is 5.69 Å². The predicted molar refractivity (Wildman–Crippen MR) is 78.0 cm³/mol. The first kappa shape index (κ1) is 14.7. The molecular weight excluding hydrogens is 244 g/mol. The molecule has 0 saturated carbocycles. The summed E-state index contributed by atoms with van der Waals surface area (Å²) in [7, 11) is 0. The summed E-state index contributed by atoms with van der Waals surface area (Å²) < 4.78 is 0. The van der Waals surface area contributed by atoms with E-state index in [-0.39, 0.29) is 12.4 Å². The van der Waals surface area contributed by atoms with Gasteiger partial charge in [-0.05, 0) is 23.6 Å². The number of nitrogens with zero attached hydrogens (tertiary/aromatic N) is 1. The van der Waals surface area contributed by atoms with E-state index in [4.69, 9.17) is 0 Å². The van der Waals surface area contributed by atoms with Gasteiger partial charge < -0.3 is 5.32 Å². The molecule has 2 rings (SSSR count). The van der Waals surface area contributed by atoms with Gasteiger partial charge in [0.2, 0.25) is 0 Å². The summed E-state index contributed by atoms with van der Waals surface area (Å²) in [5.74, 6) is 0.528. The fourth-order valence-corrected chi connectivity index (χ4v) is 1.82. The van der Waals surface area contributed by atoms with Crippen molar-refractivity contribution < 1.29 is 0 Å². The van der Waals surface area contributed by atoms with Crippen molar-refractivity contribution in [1.29, 1.82) is 0 Å². The topological polar surface area (TPSA) is 24.9 Å². The van der Waals surface area contributed by atoms with Gasteiger partial charge in [0.15, 0.2) is 0 Å². The molecule has 0 saturated heterocycles. The maximum atomic E-state index is 4.29. The first-order valence-electron chi connectivity index (χ1n) is 6.02. The van der Waals surface area contributed by atoms with Crippen LogP contribution in [0.5, 0.6) is 0 Å². The lowest BCUT2D eigenvalue weighted by atomic mass is 10.0. The minimum atomic E-state index is 0. The fraction of sp³-hybridized carbons (Fsp3) is 0.267. The number of benzene rings is 1. The molecule has 96 valence electrons. The van der Waals surface area contributed by atoms with E-state index < -0.39 is 0 Å². The highest BCUT2D eigenvalue weighted by atomic mass is 35.5. The van der Waals surface area contributed by atoms with Gasteiger partial charge in [-0.2, -0.15) is 0 Å². The van der Waals surface area contributed by atoms with E-state index in [0.29, 0.717) is 5.92 Å². The van der Waals surface area contributed by atoms with Crippen LogP contribution in [0.3, 0.4) is 0 Å². The van der Waals surface area contributed by atoms with Gasteiger partial charge >= 0.3 is 0 Å². The third-order valence-electron chi connectivity index (χ3n) is 2.85. The van der Waals surface area contributed by atoms with Crippen LogP contribution in [-0.4, -0.2) is 11.5 Å². The molecule has 1 aromatic heterocycles. The number of rotatable bonds is 5. The summed E-state index contributed by atoms with van der Waals surface area (Å²) in [5.41, 5.74) is 2.47. The molecule has 2 aromatic rings. The molecule has 1 N–H and O–H groups in total. The van der Waals surface area contributed by atoms with Gasteiger partial charge in [0, 0.05) is 19.3 Å². The van der Waals surface area contributed by atoms with E-state index in [1.807, 2.05) is 24.4 Å². The molecule has 0 bridgehead atoms. The summed E-state index contributed by atoms with van der Waals surface area (Å²) in [6.07, 6.45) is 1.83. The van der Waals surface area contributed by atoms with Gasteiger partial charge in [-0.25, -0.2) is 0 Å². The lowest BCUT2D eigenvalue weighted by molar-refractivity contribution is 0.608. The molecule has 1 aromatic carbocycles. The lowest BCUT2D eigenvalue weighted by Gasteiger charge is -2.12. The van der Waals surface area contributed by atoms with Crippen LogP contribution in [0.2, 0.25) is 0 Å². The number of nitrogens with one attached hydrogen (secondary N) is 1. The zero-order chi connectivity index (χ0) is 11.9. The SMILES string of the molecule is CC(CNCc1ccccn1)c1ccccc1.Cl. The zero-order valence-corrected chi connectivity index (χ0v) is 11.4. The molecule has 18 heavy (non-hydrogen) atoms. The second-order valence-electron chi connectivity index (χ2n) is 4.26. The van der Waals surface area contributed by atoms with Crippen molar-refractivity contribution in [2.45, 2.75) is 19.4 Å². The number of hydrogen-bond donors (Lipinski definition) is 1. The fourth-order valence-electron chi connectivity index (χ4n) is 1.82. The summed E-state index contributed by atoms with van der Waals surface area (Å²) in [4.78, 5) is 4.29. The second kappa shape index (κ2) is 7.85. The maximum Gasteiger partial charge on any atom is 0.0541 e. The normalized spacial score (nSPS) is 11.6. The van der Waals surface area contributed by atoms with Gasteiger partial charge in [-0.15, -0.1) is 12.4 Å². The minimum Gasteiger partial charge on any atom is -0.311 e. The monoisotopic (exact) mass is 262 g/mol. The quantitative estimate of drug-likeness (QED) is 0.893. The van der Waals surface area contributed by atoms with Crippen molar-refractivity contribution in [3.63, 3.8) is 0 Å². The molecule has 0 aliphatic rings. The van der Waals surface area contributed by atoms with Gasteiger partial charge in [-0.3, -0.25) is 4.98 Å². The highest BCUT2D eigenvalue weighted by Crippen LogP contribution is 2.13. The number of pyridine rings is 1. The molecule has 0 spiro atoms. The van der Waals surface area contributed by atoms with Crippen LogP contribution in [0.25, 0.3) is 0 Å². The molecule has 0 aliphatic heterocycles. The van der Waals surface area contributed by atoms with Gasteiger partial charge in [0.1, 0.15) is 0 Å². The van der Waals surface area contributed by atoms with Gasteiger partial charge in [0.25, 0.3) is 0 Å². The smallest absolute Gasteiger partial charge is 0.0541 e. The molecule has 0 amide bonds. The minimum absolute atomic E-state index is 0. The standard InChI is InChI=1S/C15H18N2.ClH/c1-13(14-7-3-2-4-8-14)11-16-12-15-9-5-6-10-17-15;/h2-10,13,16H,11-12H2,1H3;1H. The van der Waals surface area contributed by atoms with Crippen LogP contribution in [-0.2, 0) is 6.54 Å². The highest BCUT2D eigenvalue weighted by molar-refractivity contribution is 5.85. The van der Waals surface area contributed by atoms with Crippen LogP contribution < -0.4 is 5.32 Å². The second-order valence-corrected chi connectivity index (χ2v) is 4.26. The average Bonchev–Trinajstić information content (AvgIpc) is 2.41. The highest BCUT2D eigenvalue weighted by Gasteiger charge is 2.03. The van der Waals surface area contributed by atoms with E-state index in [1.54, 1.807) is 0 Å². The molecule has 3 heteroatoms. The Morgan fingerprint density at radius 1 is 1.06 bits per heavy atom. The van der Waals surface area contributed by atoms with E-state index in [1.165, 1.54) is 5.56 Å². The van der Waals surface area contributed by atoms with Crippen LogP contribution in [0, 0.1) is 0 Å². The lowest BCUT2D eigenvalue weighted by Crippen LogP contribution is -2.20. The Kier molecular flexibility index (Phi) is 6.40. The maximum absolute atomic E-state index is 4.29. The molecule has 0 aliphatic carbocycles. The van der Waals surface area contributed by atoms with Crippen LogP contribution in [0.1, 0.15) is 24.1 Å². The Morgan fingerprint density at radius 3 is 2.44 bits per heavy atom. The number of aromatic nitrogens is 1. The summed E-state index contributed by atoms with van der Waals surface area (Å²) in [6, 6.07) is 16.6. The van der Waals surface area contributed by atoms with Crippen molar-refractivity contribution >= 4 is 12.4 Å². The van der Waals surface area contributed by atoms with Crippen LogP contribution in [0.4, 0.5) is 0 Å². The van der Waals surface area contributed by atoms with Crippen LogP contribution in [0.15, 0.2) is 54.7 Å². The Bertz CT molecular complexity index is 431. The Labute approximate surface area is 115 Å². The summed E-state index contributed by atoms with van der Waals surface area (Å²) >= 11 is 0. The zero-order valence-electron chi connectivity index (χ0n) is 10.5. The van der Waals surface area contributed by atoms with E-state index in [2.05, 4.69) is 47.6 Å². The molecule has 0 radical (unpaired) electrons. The largest absolute Gasteiger partial charge is 0.311 e. The average molecular weight is 263 g/mol. The van der Waals surface area contributed by atoms with Gasteiger partial charge in [-0.1, -0.05) is 43.3 Å². The Morgan fingerprint density at radius 2 is 1.78 bits per heavy atom. The van der Waals surface area contributed by atoms with E-state index >= 15 is 0 Å². The molecule has 1 heterocycles. The Balaban J connectivity index is 0.00000162. The first-order chi connectivity index (χ1) is 8.36. The van der Waals surface area contributed by atoms with Crippen molar-refractivity contribution in [3.05, 3.63) is 66.0 Å². The molecule has 1 unspecified atom stereocenters. The number of halogens is 1. The first-order valence-corrected chi connectivity index (χ1v) is 6.02. The van der Waals surface area contributed by atoms with Crippen molar-refractivity contribution in [2.75, 3.05) is 6.54 Å². The third kappa shape index (κ3) is 4.47. The molecule has 1 atom stereocenters. The Hall–Kier alpha value is -1.38. The summed E-state index contributed by atoms with van der Waals surface area (Å²) in [6.45, 7) is 4.04. The van der Waals surface area contributed by atoms with Crippen molar-refractivity contribution in [3.8, 4) is 0 Å². The predicted octanol–water partition coefficient (Wildman–Crippen LogP) is 3.40. The van der Waals surface area contributed by atoms with Crippen molar-refractivity contribution in [2.24, 2.45) is 0 Å². The number of hydrogen-bond acceptors (Lipinski definition) is 2. The van der Waals surface area contributed by atoms with Crippen molar-refractivity contribution in [1.82, 2.24) is 10.3 Å². The van der Waals surface area contributed by atoms with Crippen LogP contribution >= 0.6 is 12.4 Å².